The first-order valence-electron chi connectivity index (χ1n) is 17.9. The molecule has 4 amide bonds. The fourth-order valence-electron chi connectivity index (χ4n) is 6.83. The van der Waals surface area contributed by atoms with Crippen LogP contribution in [0.1, 0.15) is 5.56 Å². The standard InChI is InChI=1S/C36H25F3N4O21S6/c37-36(38,39)18-2-1-3-19(8-18)40-35(46)41-20-9-21(42(16-44)27-4-6-29(67(53,54)55)25-12-23(65(47,48)49)14-31(33(25)27)69(59,60)61)11-22(10-20)43(17-45)28-5-7-30(68(56,57)58)26-13-24(66(50,51)52)15-32(34(26)28)70(62,63)64/h1-17H,(H2,40,41,46)(H,47,48,49)(H,50,51,52)(H,53,54,55)(H,56,57,58)(H,59,60,61)(H,62,63,64). The molecule has 0 heterocycles. The third-order valence-electron chi connectivity index (χ3n) is 9.58. The Morgan fingerprint density at radius 3 is 1.20 bits per heavy atom. The topological polar surface area (TPSA) is 408 Å². The van der Waals surface area contributed by atoms with Crippen molar-refractivity contribution in [2.75, 3.05) is 20.4 Å². The van der Waals surface area contributed by atoms with Crippen molar-refractivity contribution in [3.8, 4) is 0 Å². The van der Waals surface area contributed by atoms with Gasteiger partial charge in [-0.15, -0.1) is 0 Å². The van der Waals surface area contributed by atoms with E-state index >= 15 is 0 Å². The van der Waals surface area contributed by atoms with Crippen LogP contribution in [0.4, 0.5) is 52.1 Å². The van der Waals surface area contributed by atoms with Gasteiger partial charge >= 0.3 is 12.2 Å². The van der Waals surface area contributed by atoms with E-state index < -0.39 is 164 Å². The first-order valence-corrected chi connectivity index (χ1v) is 26.5. The van der Waals surface area contributed by atoms with Crippen LogP contribution in [0.2, 0.25) is 0 Å². The molecule has 6 aromatic rings. The first-order chi connectivity index (χ1) is 31.9. The molecule has 25 nitrogen and oxygen atoms in total. The number of hydrogen-bond acceptors (Lipinski definition) is 15. The summed E-state index contributed by atoms with van der Waals surface area (Å²) >= 11 is 0. The lowest BCUT2D eigenvalue weighted by molar-refractivity contribution is -0.137. The average Bonchev–Trinajstić information content (AvgIpc) is 3.20. The minimum atomic E-state index is -5.78. The van der Waals surface area contributed by atoms with E-state index in [-0.39, 0.29) is 25.0 Å². The number of rotatable bonds is 14. The molecule has 372 valence electrons. The third kappa shape index (κ3) is 10.9. The Morgan fingerprint density at radius 2 is 0.857 bits per heavy atom. The molecule has 0 aliphatic carbocycles. The van der Waals surface area contributed by atoms with Gasteiger partial charge in [-0.1, -0.05) is 6.07 Å². The van der Waals surface area contributed by atoms with Gasteiger partial charge in [-0.2, -0.15) is 63.7 Å². The van der Waals surface area contributed by atoms with Gasteiger partial charge in [-0.3, -0.25) is 46.7 Å². The van der Waals surface area contributed by atoms with Crippen molar-refractivity contribution in [1.82, 2.24) is 0 Å². The Kier molecular flexibility index (Phi) is 13.5. The van der Waals surface area contributed by atoms with Gasteiger partial charge in [-0.05, 0) is 84.9 Å². The van der Waals surface area contributed by atoms with Crippen LogP contribution >= 0.6 is 0 Å². The number of fused-ring (bicyclic) bond motifs is 2. The van der Waals surface area contributed by atoms with Crippen LogP contribution in [0.25, 0.3) is 21.5 Å². The second-order valence-electron chi connectivity index (χ2n) is 14.1. The van der Waals surface area contributed by atoms with Crippen molar-refractivity contribution >= 4 is 135 Å². The van der Waals surface area contributed by atoms with E-state index in [0.29, 0.717) is 58.3 Å². The molecule has 0 fully saturated rings. The molecule has 0 radical (unpaired) electrons. The number of anilines is 6. The van der Waals surface area contributed by atoms with Crippen LogP contribution in [-0.4, -0.2) is 96.7 Å². The lowest BCUT2D eigenvalue weighted by Crippen LogP contribution is -2.22. The van der Waals surface area contributed by atoms with E-state index in [4.69, 9.17) is 0 Å². The van der Waals surface area contributed by atoms with E-state index in [1.54, 1.807) is 0 Å². The zero-order valence-corrected chi connectivity index (χ0v) is 38.5. The molecular formula is C36H25F3N4O21S6. The number of benzene rings is 6. The first kappa shape index (κ1) is 52.7. The normalized spacial score (nSPS) is 12.9. The maximum atomic E-state index is 13.5. The van der Waals surface area contributed by atoms with Crippen LogP contribution < -0.4 is 20.4 Å². The molecule has 0 atom stereocenters. The molecule has 0 aliphatic heterocycles. The number of carbonyl (C=O) groups excluding carboxylic acids is 3. The number of carbonyl (C=O) groups is 3. The van der Waals surface area contributed by atoms with E-state index in [1.807, 2.05) is 0 Å². The average molecular weight is 1100 g/mol. The largest absolute Gasteiger partial charge is 0.416 e. The van der Waals surface area contributed by atoms with Crippen molar-refractivity contribution in [1.29, 1.82) is 0 Å². The molecular weight excluding hydrogens is 1070 g/mol. The number of alkyl halides is 3. The Bertz CT molecular complexity index is 3750. The summed E-state index contributed by atoms with van der Waals surface area (Å²) in [5, 5.41) is -0.251. The third-order valence-corrected chi connectivity index (χ3v) is 14.8. The smallest absolute Gasteiger partial charge is 0.308 e. The maximum Gasteiger partial charge on any atom is 0.416 e. The van der Waals surface area contributed by atoms with E-state index in [9.17, 15) is 105 Å². The summed E-state index contributed by atoms with van der Waals surface area (Å²) in [6, 6.07) is 6.82. The number of hydrogen-bond donors (Lipinski definition) is 8. The van der Waals surface area contributed by atoms with Crippen molar-refractivity contribution in [3.63, 3.8) is 0 Å². The highest BCUT2D eigenvalue weighted by Gasteiger charge is 2.33. The number of nitrogens with one attached hydrogen (secondary N) is 2. The zero-order chi connectivity index (χ0) is 52.5. The van der Waals surface area contributed by atoms with Crippen LogP contribution in [0.15, 0.2) is 120 Å². The van der Waals surface area contributed by atoms with Crippen molar-refractivity contribution in [2.45, 2.75) is 35.5 Å². The minimum absolute atomic E-state index is 0.102. The molecule has 0 saturated carbocycles. The predicted molar refractivity (Wildman–Crippen MR) is 234 cm³/mol. The molecule has 0 saturated heterocycles. The number of nitrogens with zero attached hydrogens (tertiary/aromatic N) is 2. The van der Waals surface area contributed by atoms with Gasteiger partial charge in [0.25, 0.3) is 60.7 Å². The van der Waals surface area contributed by atoms with Gasteiger partial charge in [0.2, 0.25) is 12.8 Å². The summed E-state index contributed by atoms with van der Waals surface area (Å²) in [7, 11) is -33.6. The minimum Gasteiger partial charge on any atom is -0.308 e. The second-order valence-corrected chi connectivity index (χ2v) is 22.5. The molecule has 70 heavy (non-hydrogen) atoms. The summed E-state index contributed by atoms with van der Waals surface area (Å²) in [6.45, 7) is 0. The molecule has 34 heteroatoms. The molecule has 6 rings (SSSR count). The predicted octanol–water partition coefficient (Wildman–Crippen LogP) is 4.73. The number of halogens is 3. The van der Waals surface area contributed by atoms with E-state index in [0.717, 1.165) is 30.3 Å². The van der Waals surface area contributed by atoms with Gasteiger partial charge in [0.05, 0.1) is 38.1 Å². The lowest BCUT2D eigenvalue weighted by Gasteiger charge is -2.26. The van der Waals surface area contributed by atoms with E-state index in [1.165, 1.54) is 0 Å². The maximum absolute atomic E-state index is 13.5. The Hall–Kier alpha value is -6.70. The number of amides is 4. The molecule has 0 aliphatic rings. The summed E-state index contributed by atoms with van der Waals surface area (Å²) < 4.78 is 251. The summed E-state index contributed by atoms with van der Waals surface area (Å²) in [5.74, 6) is 0. The van der Waals surface area contributed by atoms with Gasteiger partial charge in [0, 0.05) is 32.9 Å². The van der Waals surface area contributed by atoms with Gasteiger partial charge < -0.3 is 10.6 Å². The SMILES string of the molecule is O=CN(c1cc(NC(=O)Nc2cccc(C(F)(F)F)c2)cc(N(C=O)c2ccc(S(=O)(=O)O)c3cc(S(=O)(=O)O)cc(S(=O)(=O)O)c23)c1)c1ccc(S(=O)(=O)O)c2cc(S(=O)(=O)O)cc(S(=O)(=O)O)c12. The number of urea groups is 1. The summed E-state index contributed by atoms with van der Waals surface area (Å²) in [6.07, 6.45) is -5.31. The molecule has 0 aromatic heterocycles. The highest BCUT2D eigenvalue weighted by molar-refractivity contribution is 7.88. The van der Waals surface area contributed by atoms with Crippen LogP contribution in [0, 0.1) is 0 Å². The fourth-order valence-corrected chi connectivity index (χ4v) is 10.9. The van der Waals surface area contributed by atoms with Crippen molar-refractivity contribution < 1.29 is 105 Å². The van der Waals surface area contributed by atoms with Crippen molar-refractivity contribution in [2.24, 2.45) is 0 Å². The Morgan fingerprint density at radius 1 is 0.471 bits per heavy atom. The quantitative estimate of drug-likeness (QED) is 0.0540. The molecule has 0 spiro atoms. The molecule has 0 bridgehead atoms. The summed E-state index contributed by atoms with van der Waals surface area (Å²) in [5.41, 5.74) is -5.62. The van der Waals surface area contributed by atoms with Crippen LogP contribution in [-0.2, 0) is 76.5 Å². The Balaban J connectivity index is 1.72. The van der Waals surface area contributed by atoms with Crippen molar-refractivity contribution in [3.05, 3.63) is 96.6 Å². The molecule has 8 N–H and O–H groups in total. The second kappa shape index (κ2) is 17.9. The monoisotopic (exact) mass is 1100 g/mol. The van der Waals surface area contributed by atoms with E-state index in [2.05, 4.69) is 10.6 Å². The van der Waals surface area contributed by atoms with Gasteiger partial charge in [0.1, 0.15) is 19.6 Å². The van der Waals surface area contributed by atoms with Gasteiger partial charge in [-0.25, -0.2) is 4.79 Å². The summed E-state index contributed by atoms with van der Waals surface area (Å²) in [4.78, 5) is 31.9. The molecule has 6 aromatic carbocycles. The van der Waals surface area contributed by atoms with Gasteiger partial charge in [0.15, 0.2) is 0 Å². The van der Waals surface area contributed by atoms with Crippen LogP contribution in [0.5, 0.6) is 0 Å². The fraction of sp³-hybridized carbons (Fsp3) is 0.0278. The Labute approximate surface area is 391 Å². The highest BCUT2D eigenvalue weighted by Crippen LogP contribution is 2.45. The van der Waals surface area contributed by atoms with Crippen LogP contribution in [0.3, 0.4) is 0 Å². The lowest BCUT2D eigenvalue weighted by atomic mass is 10.1. The molecule has 0 unspecified atom stereocenters. The highest BCUT2D eigenvalue weighted by atomic mass is 32.2. The zero-order valence-electron chi connectivity index (χ0n) is 33.6.